The minimum absolute atomic E-state index is 0.807. The van der Waals surface area contributed by atoms with E-state index < -0.39 is 0 Å². The Morgan fingerprint density at radius 2 is 2.25 bits per heavy atom. The highest BCUT2D eigenvalue weighted by Crippen LogP contribution is 2.26. The van der Waals surface area contributed by atoms with Crippen molar-refractivity contribution in [3.8, 4) is 0 Å². The van der Waals surface area contributed by atoms with E-state index in [1.807, 2.05) is 12.3 Å². The first-order chi connectivity index (χ1) is 7.90. The van der Waals surface area contributed by atoms with E-state index in [0.717, 1.165) is 17.9 Å². The largest absolute Gasteiger partial charge is 0.295 e. The molecule has 0 aromatic carbocycles. The van der Waals surface area contributed by atoms with Crippen molar-refractivity contribution in [2.24, 2.45) is 0 Å². The molecule has 0 aliphatic heterocycles. The molecular weight excluding hydrogens is 264 g/mol. The maximum Gasteiger partial charge on any atom is 0.0544 e. The number of hydrogen-bond donors (Lipinski definition) is 0. The first-order valence-corrected chi connectivity index (χ1v) is 7.22. The molecule has 0 saturated heterocycles. The van der Waals surface area contributed by atoms with Crippen LogP contribution in [0.3, 0.4) is 0 Å². The van der Waals surface area contributed by atoms with E-state index in [9.17, 15) is 0 Å². The lowest BCUT2D eigenvalue weighted by atomic mass is 9.91. The van der Waals surface area contributed by atoms with Crippen molar-refractivity contribution in [2.45, 2.75) is 38.3 Å². The summed E-state index contributed by atoms with van der Waals surface area (Å²) in [4.78, 5) is 7.00. The van der Waals surface area contributed by atoms with Crippen molar-refractivity contribution in [2.75, 3.05) is 11.9 Å². The summed E-state index contributed by atoms with van der Waals surface area (Å²) in [5.74, 6) is 0. The second-order valence-electron chi connectivity index (χ2n) is 4.42. The normalized spacial score (nSPS) is 16.4. The van der Waals surface area contributed by atoms with Crippen LogP contribution in [0.5, 0.6) is 0 Å². The molecule has 1 aliphatic rings. The summed E-state index contributed by atoms with van der Waals surface area (Å²) >= 11 is 3.51. The van der Waals surface area contributed by atoms with E-state index in [2.05, 4.69) is 37.9 Å². The summed E-state index contributed by atoms with van der Waals surface area (Å²) in [6.45, 7) is 2.20. The van der Waals surface area contributed by atoms with Gasteiger partial charge in [-0.15, -0.1) is 0 Å². The molecule has 0 radical (unpaired) electrons. The number of aromatic nitrogens is 1. The topological polar surface area (TPSA) is 16.1 Å². The fourth-order valence-corrected chi connectivity index (χ4v) is 2.36. The van der Waals surface area contributed by atoms with Gasteiger partial charge in [-0.2, -0.15) is 0 Å². The summed E-state index contributed by atoms with van der Waals surface area (Å²) in [6.07, 6.45) is 7.25. The standard InChI is InChI=1S/C13H19BrN2/c14-8-4-10-16(13-6-3-7-13)11-12-5-1-2-9-15-12/h1-2,5,9,13H,3-4,6-8,10-11H2. The molecule has 1 saturated carbocycles. The van der Waals surface area contributed by atoms with Crippen LogP contribution in [0.4, 0.5) is 0 Å². The molecule has 1 aromatic rings. The van der Waals surface area contributed by atoms with Gasteiger partial charge in [0.1, 0.15) is 0 Å². The number of nitrogens with zero attached hydrogens (tertiary/aromatic N) is 2. The van der Waals surface area contributed by atoms with Crippen LogP contribution in [0, 0.1) is 0 Å². The van der Waals surface area contributed by atoms with Gasteiger partial charge in [-0.3, -0.25) is 9.88 Å². The molecular formula is C13H19BrN2. The summed E-state index contributed by atoms with van der Waals surface area (Å²) in [5.41, 5.74) is 1.20. The molecule has 3 heteroatoms. The zero-order chi connectivity index (χ0) is 11.2. The molecule has 0 amide bonds. The summed E-state index contributed by atoms with van der Waals surface area (Å²) in [6, 6.07) is 6.99. The SMILES string of the molecule is BrCCCN(Cc1ccccn1)C1CCC1. The minimum atomic E-state index is 0.807. The summed E-state index contributed by atoms with van der Waals surface area (Å²) in [7, 11) is 0. The lowest BCUT2D eigenvalue weighted by molar-refractivity contribution is 0.118. The molecule has 1 aromatic heterocycles. The molecule has 1 fully saturated rings. The minimum Gasteiger partial charge on any atom is -0.295 e. The summed E-state index contributed by atoms with van der Waals surface area (Å²) < 4.78 is 0. The van der Waals surface area contributed by atoms with Crippen LogP contribution < -0.4 is 0 Å². The van der Waals surface area contributed by atoms with Gasteiger partial charge in [0, 0.05) is 24.1 Å². The lowest BCUT2D eigenvalue weighted by Crippen LogP contribution is -2.40. The van der Waals surface area contributed by atoms with Crippen LogP contribution in [-0.2, 0) is 6.54 Å². The highest BCUT2D eigenvalue weighted by molar-refractivity contribution is 9.09. The molecule has 0 atom stereocenters. The van der Waals surface area contributed by atoms with Gasteiger partial charge in [-0.1, -0.05) is 28.4 Å². The van der Waals surface area contributed by atoms with E-state index in [-0.39, 0.29) is 0 Å². The van der Waals surface area contributed by atoms with Gasteiger partial charge in [0.25, 0.3) is 0 Å². The van der Waals surface area contributed by atoms with Crippen LogP contribution in [0.2, 0.25) is 0 Å². The van der Waals surface area contributed by atoms with Gasteiger partial charge in [-0.05, 0) is 37.9 Å². The second-order valence-corrected chi connectivity index (χ2v) is 5.21. The Balaban J connectivity index is 1.90. The predicted molar refractivity (Wildman–Crippen MR) is 70.7 cm³/mol. The quantitative estimate of drug-likeness (QED) is 0.745. The van der Waals surface area contributed by atoms with Crippen LogP contribution in [0.1, 0.15) is 31.4 Å². The fourth-order valence-electron chi connectivity index (χ4n) is 2.11. The smallest absolute Gasteiger partial charge is 0.0544 e. The Morgan fingerprint density at radius 1 is 1.38 bits per heavy atom. The maximum atomic E-state index is 4.41. The maximum absolute atomic E-state index is 4.41. The van der Waals surface area contributed by atoms with Gasteiger partial charge in [0.2, 0.25) is 0 Å². The van der Waals surface area contributed by atoms with Gasteiger partial charge in [-0.25, -0.2) is 0 Å². The second kappa shape index (κ2) is 6.36. The number of halogens is 1. The van der Waals surface area contributed by atoms with E-state index in [1.165, 1.54) is 37.9 Å². The zero-order valence-electron chi connectivity index (χ0n) is 9.61. The number of alkyl halides is 1. The predicted octanol–water partition coefficient (Wildman–Crippen LogP) is 3.22. The van der Waals surface area contributed by atoms with Crippen molar-refractivity contribution in [1.29, 1.82) is 0 Å². The molecule has 1 aliphatic carbocycles. The summed E-state index contributed by atoms with van der Waals surface area (Å²) in [5, 5.41) is 1.10. The average Bonchev–Trinajstić information content (AvgIpc) is 2.25. The van der Waals surface area contributed by atoms with Crippen LogP contribution in [0.15, 0.2) is 24.4 Å². The van der Waals surface area contributed by atoms with Crippen LogP contribution in [-0.4, -0.2) is 27.8 Å². The Hall–Kier alpha value is -0.410. The van der Waals surface area contributed by atoms with Crippen LogP contribution in [0.25, 0.3) is 0 Å². The molecule has 0 N–H and O–H groups in total. The third-order valence-electron chi connectivity index (χ3n) is 3.26. The van der Waals surface area contributed by atoms with E-state index in [4.69, 9.17) is 0 Å². The van der Waals surface area contributed by atoms with Gasteiger partial charge in [0.05, 0.1) is 5.69 Å². The molecule has 2 rings (SSSR count). The molecule has 0 bridgehead atoms. The molecule has 0 spiro atoms. The highest BCUT2D eigenvalue weighted by atomic mass is 79.9. The van der Waals surface area contributed by atoms with E-state index in [1.54, 1.807) is 0 Å². The number of pyridine rings is 1. The average molecular weight is 283 g/mol. The molecule has 1 heterocycles. The Bertz CT molecular complexity index is 298. The Kier molecular flexibility index (Phi) is 4.79. The van der Waals surface area contributed by atoms with E-state index in [0.29, 0.717) is 0 Å². The first-order valence-electron chi connectivity index (χ1n) is 6.10. The van der Waals surface area contributed by atoms with Gasteiger partial charge < -0.3 is 0 Å². The van der Waals surface area contributed by atoms with Crippen molar-refractivity contribution in [1.82, 2.24) is 9.88 Å². The monoisotopic (exact) mass is 282 g/mol. The zero-order valence-corrected chi connectivity index (χ0v) is 11.2. The van der Waals surface area contributed by atoms with Gasteiger partial charge >= 0.3 is 0 Å². The third kappa shape index (κ3) is 3.29. The van der Waals surface area contributed by atoms with Crippen LogP contribution >= 0.6 is 15.9 Å². The lowest BCUT2D eigenvalue weighted by Gasteiger charge is -2.37. The molecule has 0 unspecified atom stereocenters. The van der Waals surface area contributed by atoms with Crippen molar-refractivity contribution in [3.05, 3.63) is 30.1 Å². The first kappa shape index (κ1) is 12.1. The molecule has 88 valence electrons. The molecule has 16 heavy (non-hydrogen) atoms. The molecule has 2 nitrogen and oxygen atoms in total. The highest BCUT2D eigenvalue weighted by Gasteiger charge is 2.24. The Labute approximate surface area is 106 Å². The Morgan fingerprint density at radius 3 is 2.81 bits per heavy atom. The van der Waals surface area contributed by atoms with Crippen molar-refractivity contribution < 1.29 is 0 Å². The van der Waals surface area contributed by atoms with E-state index >= 15 is 0 Å². The van der Waals surface area contributed by atoms with Crippen molar-refractivity contribution >= 4 is 15.9 Å². The number of rotatable bonds is 6. The fraction of sp³-hybridized carbons (Fsp3) is 0.615. The van der Waals surface area contributed by atoms with Crippen molar-refractivity contribution in [3.63, 3.8) is 0 Å². The number of hydrogen-bond acceptors (Lipinski definition) is 2. The van der Waals surface area contributed by atoms with Gasteiger partial charge in [0.15, 0.2) is 0 Å². The third-order valence-corrected chi connectivity index (χ3v) is 3.82.